The fourth-order valence-electron chi connectivity index (χ4n) is 0.0713. The lowest BCUT2D eigenvalue weighted by molar-refractivity contribution is -0.137. The van der Waals surface area contributed by atoms with Gasteiger partial charge in [0.05, 0.1) is 0 Å². The average Bonchev–Trinajstić information content (AvgIpc) is 1.65. The van der Waals surface area contributed by atoms with Crippen molar-refractivity contribution in [2.24, 2.45) is 5.73 Å². The van der Waals surface area contributed by atoms with Crippen LogP contribution in [0.2, 0.25) is 0 Å². The van der Waals surface area contributed by atoms with Gasteiger partial charge in [-0.05, 0) is 0 Å². The van der Waals surface area contributed by atoms with Gasteiger partial charge in [-0.2, -0.15) is 0 Å². The van der Waals surface area contributed by atoms with Crippen molar-refractivity contribution in [3.63, 3.8) is 0 Å². The van der Waals surface area contributed by atoms with E-state index >= 15 is 0 Å². The quantitative estimate of drug-likeness (QED) is 0.521. The van der Waals surface area contributed by atoms with E-state index in [1.54, 1.807) is 0 Å². The van der Waals surface area contributed by atoms with Crippen molar-refractivity contribution in [1.29, 1.82) is 0 Å². The fourth-order valence-corrected chi connectivity index (χ4v) is 0.214. The molecule has 1 atom stereocenters. The summed E-state index contributed by atoms with van der Waals surface area (Å²) in [5.74, 6) is -0.954. The first-order valence-corrected chi connectivity index (χ1v) is 2.32. The van der Waals surface area contributed by atoms with Gasteiger partial charge in [-0.15, -0.1) is 0 Å². The van der Waals surface area contributed by atoms with Crippen LogP contribution < -0.4 is 5.73 Å². The van der Waals surface area contributed by atoms with Crippen molar-refractivity contribution in [2.45, 2.75) is 6.04 Å². The van der Waals surface area contributed by atoms with E-state index in [-0.39, 0.29) is 5.75 Å². The van der Waals surface area contributed by atoms with E-state index in [2.05, 4.69) is 12.6 Å². The Hall–Kier alpha value is -0.220. The van der Waals surface area contributed by atoms with Gasteiger partial charge in [0.15, 0.2) is 0 Å². The number of carboxylic acid groups (broad SMARTS) is 1. The largest absolute Gasteiger partial charge is 0.480 e. The smallest absolute Gasteiger partial charge is 0.321 e. The number of hydrogen-bond acceptors (Lipinski definition) is 2. The molecule has 0 amide bonds. The molecule has 0 rings (SSSR count). The zero-order valence-electron chi connectivity index (χ0n) is 3.63. The van der Waals surface area contributed by atoms with Crippen LogP contribution in [-0.4, -0.2) is 22.9 Å². The van der Waals surface area contributed by atoms with E-state index in [4.69, 9.17) is 10.8 Å². The molecule has 0 aromatic heterocycles. The SMILES string of the molecule is N[C@@H](C[S])C(=O)O. The molecule has 3 nitrogen and oxygen atoms in total. The first kappa shape index (κ1) is 6.78. The third-order valence-electron chi connectivity index (χ3n) is 0.497. The highest BCUT2D eigenvalue weighted by atomic mass is 32.1. The van der Waals surface area contributed by atoms with Gasteiger partial charge in [-0.3, -0.25) is 4.79 Å². The Balaban J connectivity index is 3.34. The summed E-state index contributed by atoms with van der Waals surface area (Å²) in [5.41, 5.74) is 4.91. The Morgan fingerprint density at radius 1 is 2.00 bits per heavy atom. The first-order chi connectivity index (χ1) is 3.18. The van der Waals surface area contributed by atoms with Gasteiger partial charge >= 0.3 is 5.97 Å². The highest BCUT2D eigenvalue weighted by Gasteiger charge is 2.06. The van der Waals surface area contributed by atoms with Crippen LogP contribution in [0.4, 0.5) is 0 Å². The van der Waals surface area contributed by atoms with E-state index in [1.807, 2.05) is 0 Å². The molecular weight excluding hydrogens is 114 g/mol. The highest BCUT2D eigenvalue weighted by Crippen LogP contribution is 1.80. The standard InChI is InChI=1S/C3H6NO2S/c4-2(1-7)3(5)6/h2H,1,4H2,(H,5,6)/t2-/m0/s1. The Bertz CT molecular complexity index is 75.3. The van der Waals surface area contributed by atoms with Gasteiger partial charge < -0.3 is 10.8 Å². The Kier molecular flexibility index (Phi) is 2.78. The third-order valence-corrected chi connectivity index (χ3v) is 0.856. The molecule has 4 heteroatoms. The molecule has 0 fully saturated rings. The number of carboxylic acids is 1. The first-order valence-electron chi connectivity index (χ1n) is 1.75. The molecule has 0 aliphatic rings. The topological polar surface area (TPSA) is 63.3 Å². The van der Waals surface area contributed by atoms with Gasteiger partial charge in [0.25, 0.3) is 0 Å². The normalized spacial score (nSPS) is 13.4. The molecule has 0 unspecified atom stereocenters. The molecular formula is C3H6NO2S. The summed E-state index contributed by atoms with van der Waals surface area (Å²) in [4.78, 5) is 9.74. The Morgan fingerprint density at radius 2 is 2.43 bits per heavy atom. The molecule has 1 radical (unpaired) electrons. The van der Waals surface area contributed by atoms with Crippen molar-refractivity contribution >= 4 is 18.6 Å². The van der Waals surface area contributed by atoms with Crippen molar-refractivity contribution in [3.05, 3.63) is 0 Å². The van der Waals surface area contributed by atoms with Gasteiger partial charge in [-0.1, -0.05) is 12.6 Å². The maximum atomic E-state index is 9.74. The second-order valence-corrected chi connectivity index (χ2v) is 1.44. The number of aliphatic carboxylic acids is 1. The minimum absolute atomic E-state index is 0.0787. The van der Waals surface area contributed by atoms with Gasteiger partial charge in [0.2, 0.25) is 0 Å². The average molecular weight is 120 g/mol. The minimum Gasteiger partial charge on any atom is -0.480 e. The summed E-state index contributed by atoms with van der Waals surface area (Å²) in [7, 11) is 0. The van der Waals surface area contributed by atoms with Crippen LogP contribution in [0.1, 0.15) is 0 Å². The number of rotatable bonds is 2. The van der Waals surface area contributed by atoms with Gasteiger partial charge in [0.1, 0.15) is 6.04 Å². The van der Waals surface area contributed by atoms with Crippen LogP contribution in [0.25, 0.3) is 0 Å². The van der Waals surface area contributed by atoms with E-state index < -0.39 is 12.0 Å². The molecule has 0 bridgehead atoms. The van der Waals surface area contributed by atoms with Crippen LogP contribution in [-0.2, 0) is 4.79 Å². The molecule has 0 aliphatic heterocycles. The van der Waals surface area contributed by atoms with Crippen LogP contribution in [0.3, 0.4) is 0 Å². The van der Waals surface area contributed by atoms with Crippen molar-refractivity contribution in [2.75, 3.05) is 5.75 Å². The maximum absolute atomic E-state index is 9.74. The molecule has 0 saturated carbocycles. The molecule has 0 aliphatic carbocycles. The summed E-state index contributed by atoms with van der Waals surface area (Å²) in [6, 6.07) is -0.866. The lowest BCUT2D eigenvalue weighted by Crippen LogP contribution is -2.31. The van der Waals surface area contributed by atoms with Crippen LogP contribution in [0.15, 0.2) is 0 Å². The number of hydrogen-bond donors (Lipinski definition) is 2. The fraction of sp³-hybridized carbons (Fsp3) is 0.667. The molecule has 3 N–H and O–H groups in total. The Morgan fingerprint density at radius 3 is 2.43 bits per heavy atom. The van der Waals surface area contributed by atoms with Crippen LogP contribution in [0, 0.1) is 0 Å². The Labute approximate surface area is 46.9 Å². The lowest BCUT2D eigenvalue weighted by atomic mass is 10.4. The highest BCUT2D eigenvalue weighted by molar-refractivity contribution is 7.80. The van der Waals surface area contributed by atoms with E-state index in [9.17, 15) is 4.79 Å². The second-order valence-electron chi connectivity index (χ2n) is 1.11. The molecule has 0 aromatic carbocycles. The lowest BCUT2D eigenvalue weighted by Gasteiger charge is -1.95. The molecule has 0 saturated heterocycles. The molecule has 0 aromatic rings. The summed E-state index contributed by atoms with van der Waals surface area (Å²) in [6.45, 7) is 0. The predicted molar refractivity (Wildman–Crippen MR) is 28.1 cm³/mol. The predicted octanol–water partition coefficient (Wildman–Crippen LogP) is -0.404. The zero-order chi connectivity index (χ0) is 5.86. The number of carbonyl (C=O) groups is 1. The van der Waals surface area contributed by atoms with E-state index in [0.29, 0.717) is 0 Å². The second kappa shape index (κ2) is 2.87. The maximum Gasteiger partial charge on any atom is 0.321 e. The van der Waals surface area contributed by atoms with Crippen LogP contribution >= 0.6 is 12.6 Å². The van der Waals surface area contributed by atoms with Crippen molar-refractivity contribution < 1.29 is 9.90 Å². The minimum atomic E-state index is -1.03. The molecule has 0 heterocycles. The van der Waals surface area contributed by atoms with E-state index in [0.717, 1.165) is 0 Å². The van der Waals surface area contributed by atoms with Gasteiger partial charge in [0, 0.05) is 5.75 Å². The van der Waals surface area contributed by atoms with E-state index in [1.165, 1.54) is 0 Å². The molecule has 41 valence electrons. The summed E-state index contributed by atoms with van der Waals surface area (Å²) < 4.78 is 0. The van der Waals surface area contributed by atoms with Gasteiger partial charge in [-0.25, -0.2) is 0 Å². The summed E-state index contributed by atoms with van der Waals surface area (Å²) in [6.07, 6.45) is 0. The van der Waals surface area contributed by atoms with Crippen LogP contribution in [0.5, 0.6) is 0 Å². The zero-order valence-corrected chi connectivity index (χ0v) is 4.44. The monoisotopic (exact) mass is 120 g/mol. The third kappa shape index (κ3) is 2.47. The summed E-state index contributed by atoms with van der Waals surface area (Å²) >= 11 is 4.35. The molecule has 7 heavy (non-hydrogen) atoms. The van der Waals surface area contributed by atoms with Crippen molar-refractivity contribution in [1.82, 2.24) is 0 Å². The molecule has 0 spiro atoms. The van der Waals surface area contributed by atoms with Crippen molar-refractivity contribution in [3.8, 4) is 0 Å². The number of nitrogens with two attached hydrogens (primary N) is 1. The summed E-state index contributed by atoms with van der Waals surface area (Å²) in [5, 5.41) is 7.99.